The van der Waals surface area contributed by atoms with Crippen molar-refractivity contribution in [3.05, 3.63) is 30.2 Å². The van der Waals surface area contributed by atoms with Crippen LogP contribution in [0.25, 0.3) is 11.4 Å². The van der Waals surface area contributed by atoms with Gasteiger partial charge < -0.3 is 14.6 Å². The number of hydrogen-bond donors (Lipinski definition) is 1. The maximum Gasteiger partial charge on any atom is 0.231 e. The Labute approximate surface area is 118 Å². The first-order chi connectivity index (χ1) is 9.88. The van der Waals surface area contributed by atoms with Gasteiger partial charge in [-0.15, -0.1) is 0 Å². The van der Waals surface area contributed by atoms with Crippen molar-refractivity contribution in [3.63, 3.8) is 0 Å². The highest BCUT2D eigenvalue weighted by Crippen LogP contribution is 2.29. The summed E-state index contributed by atoms with van der Waals surface area (Å²) in [6.07, 6.45) is 2.25. The van der Waals surface area contributed by atoms with Crippen molar-refractivity contribution in [3.8, 4) is 17.1 Å². The number of nitrogens with one attached hydrogen (secondary N) is 1. The molecule has 1 atom stereocenters. The van der Waals surface area contributed by atoms with Gasteiger partial charge in [-0.3, -0.25) is 0 Å². The predicted octanol–water partition coefficient (Wildman–Crippen LogP) is 2.60. The molecule has 1 aliphatic heterocycles. The number of ether oxygens (including phenoxy) is 1. The summed E-state index contributed by atoms with van der Waals surface area (Å²) in [5, 5.41) is 7.47. The summed E-state index contributed by atoms with van der Waals surface area (Å²) in [7, 11) is 0. The van der Waals surface area contributed by atoms with Crippen LogP contribution in [0.2, 0.25) is 0 Å². The SMILES string of the molecule is CCOc1ccccc1-c1noc([C@H]2CCCNC2)n1. The summed E-state index contributed by atoms with van der Waals surface area (Å²) in [6.45, 7) is 4.57. The Morgan fingerprint density at radius 3 is 3.10 bits per heavy atom. The van der Waals surface area contributed by atoms with E-state index in [-0.39, 0.29) is 0 Å². The zero-order chi connectivity index (χ0) is 13.8. The number of nitrogens with zero attached hydrogens (tertiary/aromatic N) is 2. The van der Waals surface area contributed by atoms with Crippen LogP contribution in [0.15, 0.2) is 28.8 Å². The van der Waals surface area contributed by atoms with Crippen molar-refractivity contribution in [1.29, 1.82) is 0 Å². The van der Waals surface area contributed by atoms with Crippen LogP contribution in [-0.4, -0.2) is 29.8 Å². The molecule has 5 heteroatoms. The molecule has 2 heterocycles. The normalized spacial score (nSPS) is 18.9. The van der Waals surface area contributed by atoms with Crippen LogP contribution >= 0.6 is 0 Å². The zero-order valence-electron chi connectivity index (χ0n) is 11.6. The molecular weight excluding hydrogens is 254 g/mol. The van der Waals surface area contributed by atoms with Gasteiger partial charge in [0.15, 0.2) is 0 Å². The first-order valence-electron chi connectivity index (χ1n) is 7.15. The van der Waals surface area contributed by atoms with Crippen LogP contribution < -0.4 is 10.1 Å². The quantitative estimate of drug-likeness (QED) is 0.927. The van der Waals surface area contributed by atoms with Crippen molar-refractivity contribution < 1.29 is 9.26 Å². The lowest BCUT2D eigenvalue weighted by Gasteiger charge is -2.18. The van der Waals surface area contributed by atoms with E-state index in [0.29, 0.717) is 18.3 Å². The lowest BCUT2D eigenvalue weighted by Crippen LogP contribution is -2.28. The fourth-order valence-electron chi connectivity index (χ4n) is 2.51. The molecule has 0 bridgehead atoms. The molecule has 106 valence electrons. The number of rotatable bonds is 4. The number of hydrogen-bond acceptors (Lipinski definition) is 5. The van der Waals surface area contributed by atoms with E-state index in [1.165, 1.54) is 0 Å². The lowest BCUT2D eigenvalue weighted by molar-refractivity contribution is 0.322. The molecule has 0 saturated carbocycles. The third-order valence-electron chi connectivity index (χ3n) is 3.52. The van der Waals surface area contributed by atoms with Gasteiger partial charge in [-0.2, -0.15) is 4.98 Å². The van der Waals surface area contributed by atoms with Crippen molar-refractivity contribution in [2.24, 2.45) is 0 Å². The number of aromatic nitrogens is 2. The molecule has 0 radical (unpaired) electrons. The zero-order valence-corrected chi connectivity index (χ0v) is 11.6. The van der Waals surface area contributed by atoms with Crippen LogP contribution in [0.1, 0.15) is 31.6 Å². The Kier molecular flexibility index (Phi) is 3.97. The average molecular weight is 273 g/mol. The second kappa shape index (κ2) is 6.05. The molecule has 0 amide bonds. The van der Waals surface area contributed by atoms with Gasteiger partial charge in [0.2, 0.25) is 11.7 Å². The van der Waals surface area contributed by atoms with E-state index in [4.69, 9.17) is 9.26 Å². The minimum Gasteiger partial charge on any atom is -0.493 e. The van der Waals surface area contributed by atoms with Gasteiger partial charge in [0.1, 0.15) is 5.75 Å². The van der Waals surface area contributed by atoms with E-state index in [0.717, 1.165) is 43.1 Å². The Bertz CT molecular complexity index is 562. The van der Waals surface area contributed by atoms with E-state index in [1.54, 1.807) is 0 Å². The van der Waals surface area contributed by atoms with E-state index in [9.17, 15) is 0 Å². The summed E-state index contributed by atoms with van der Waals surface area (Å²) in [5.41, 5.74) is 0.883. The monoisotopic (exact) mass is 273 g/mol. The number of para-hydroxylation sites is 1. The third-order valence-corrected chi connectivity index (χ3v) is 3.52. The molecule has 0 spiro atoms. The Balaban J connectivity index is 1.86. The van der Waals surface area contributed by atoms with E-state index < -0.39 is 0 Å². The molecule has 2 aromatic rings. The van der Waals surface area contributed by atoms with Crippen LogP contribution in [0, 0.1) is 0 Å². The largest absolute Gasteiger partial charge is 0.493 e. The summed E-state index contributed by atoms with van der Waals surface area (Å²) >= 11 is 0. The third kappa shape index (κ3) is 2.67. The average Bonchev–Trinajstić information content (AvgIpc) is 2.99. The highest BCUT2D eigenvalue weighted by Gasteiger charge is 2.22. The molecule has 1 aliphatic rings. The number of piperidine rings is 1. The lowest BCUT2D eigenvalue weighted by atomic mass is 10.00. The predicted molar refractivity (Wildman–Crippen MR) is 75.7 cm³/mol. The molecule has 1 aromatic heterocycles. The van der Waals surface area contributed by atoms with Gasteiger partial charge in [0.25, 0.3) is 0 Å². The number of benzene rings is 1. The van der Waals surface area contributed by atoms with Crippen molar-refractivity contribution in [2.45, 2.75) is 25.7 Å². The van der Waals surface area contributed by atoms with Crippen molar-refractivity contribution in [2.75, 3.05) is 19.7 Å². The van der Waals surface area contributed by atoms with Gasteiger partial charge in [-0.05, 0) is 38.4 Å². The maximum atomic E-state index is 5.61. The minimum atomic E-state index is 0.323. The van der Waals surface area contributed by atoms with E-state index in [2.05, 4.69) is 15.5 Å². The smallest absolute Gasteiger partial charge is 0.231 e. The van der Waals surface area contributed by atoms with Gasteiger partial charge in [0, 0.05) is 6.54 Å². The Morgan fingerprint density at radius 1 is 1.40 bits per heavy atom. The highest BCUT2D eigenvalue weighted by atomic mass is 16.5. The van der Waals surface area contributed by atoms with E-state index >= 15 is 0 Å². The topological polar surface area (TPSA) is 60.2 Å². The summed E-state index contributed by atoms with van der Waals surface area (Å²) in [6, 6.07) is 7.78. The summed E-state index contributed by atoms with van der Waals surface area (Å²) in [4.78, 5) is 4.55. The first kappa shape index (κ1) is 13.1. The molecule has 1 N–H and O–H groups in total. The highest BCUT2D eigenvalue weighted by molar-refractivity contribution is 5.63. The van der Waals surface area contributed by atoms with E-state index in [1.807, 2.05) is 31.2 Å². The Hall–Kier alpha value is -1.88. The molecule has 1 aromatic carbocycles. The van der Waals surface area contributed by atoms with Crippen molar-refractivity contribution >= 4 is 0 Å². The molecule has 20 heavy (non-hydrogen) atoms. The summed E-state index contributed by atoms with van der Waals surface area (Å²) < 4.78 is 11.0. The van der Waals surface area contributed by atoms with Gasteiger partial charge in [0.05, 0.1) is 18.1 Å². The molecule has 0 unspecified atom stereocenters. The second-order valence-electron chi connectivity index (χ2n) is 4.93. The van der Waals surface area contributed by atoms with Crippen molar-refractivity contribution in [1.82, 2.24) is 15.5 Å². The Morgan fingerprint density at radius 2 is 2.30 bits per heavy atom. The minimum absolute atomic E-state index is 0.323. The fourth-order valence-corrected chi connectivity index (χ4v) is 2.51. The van der Waals surface area contributed by atoms with Crippen LogP contribution in [0.3, 0.4) is 0 Å². The molecule has 1 fully saturated rings. The van der Waals surface area contributed by atoms with Crippen LogP contribution in [0.4, 0.5) is 0 Å². The first-order valence-corrected chi connectivity index (χ1v) is 7.15. The fraction of sp³-hybridized carbons (Fsp3) is 0.467. The second-order valence-corrected chi connectivity index (χ2v) is 4.93. The molecular formula is C15H19N3O2. The summed E-state index contributed by atoms with van der Waals surface area (Å²) in [5.74, 6) is 2.45. The molecule has 0 aliphatic carbocycles. The van der Waals surface area contributed by atoms with Crippen LogP contribution in [0.5, 0.6) is 5.75 Å². The van der Waals surface area contributed by atoms with Gasteiger partial charge in [-0.25, -0.2) is 0 Å². The van der Waals surface area contributed by atoms with Gasteiger partial charge in [-0.1, -0.05) is 17.3 Å². The molecule has 3 rings (SSSR count). The molecule has 5 nitrogen and oxygen atoms in total. The molecule has 1 saturated heterocycles. The maximum absolute atomic E-state index is 5.61. The standard InChI is InChI=1S/C15H19N3O2/c1-2-19-13-8-4-3-7-12(13)14-17-15(20-18-14)11-6-5-9-16-10-11/h3-4,7-8,11,16H,2,5-6,9-10H2,1H3/t11-/m0/s1. The van der Waals surface area contributed by atoms with Crippen LogP contribution in [-0.2, 0) is 0 Å². The van der Waals surface area contributed by atoms with Gasteiger partial charge >= 0.3 is 0 Å².